The Bertz CT molecular complexity index is 237. The molecule has 0 aliphatic heterocycles. The summed E-state index contributed by atoms with van der Waals surface area (Å²) in [6, 6.07) is 0. The minimum Gasteiger partial charge on any atom is -0.374 e. The molecular weight excluding hydrogens is 184 g/mol. The van der Waals surface area contributed by atoms with Gasteiger partial charge in [-0.2, -0.15) is 0 Å². The highest BCUT2D eigenvalue weighted by Gasteiger charge is 2.00. The number of aromatic nitrogens is 1. The fraction of sp³-hybridized carbons (Fsp3) is 0.667. The van der Waals surface area contributed by atoms with Gasteiger partial charge in [-0.3, -0.25) is 0 Å². The molecule has 0 spiro atoms. The van der Waals surface area contributed by atoms with Crippen molar-refractivity contribution in [2.24, 2.45) is 5.73 Å². The lowest BCUT2D eigenvalue weighted by Crippen LogP contribution is -2.03. The van der Waals surface area contributed by atoms with Crippen LogP contribution < -0.4 is 5.73 Å². The summed E-state index contributed by atoms with van der Waals surface area (Å²) in [5.74, 6) is 0. The topological polar surface area (TPSA) is 48.1 Å². The van der Waals surface area contributed by atoms with E-state index in [0.29, 0.717) is 13.2 Å². The van der Waals surface area contributed by atoms with Gasteiger partial charge in [-0.1, -0.05) is 6.92 Å². The van der Waals surface area contributed by atoms with E-state index in [1.54, 1.807) is 11.3 Å². The van der Waals surface area contributed by atoms with Crippen LogP contribution in [0.2, 0.25) is 0 Å². The second-order valence-corrected chi connectivity index (χ2v) is 3.77. The van der Waals surface area contributed by atoms with Gasteiger partial charge in [-0.15, -0.1) is 11.3 Å². The van der Waals surface area contributed by atoms with Crippen molar-refractivity contribution < 1.29 is 4.74 Å². The van der Waals surface area contributed by atoms with Gasteiger partial charge in [-0.25, -0.2) is 4.98 Å². The fourth-order valence-electron chi connectivity index (χ4n) is 0.982. The first kappa shape index (κ1) is 10.6. The van der Waals surface area contributed by atoms with E-state index >= 15 is 0 Å². The molecule has 0 fully saturated rings. The first-order valence-corrected chi connectivity index (χ1v) is 5.46. The van der Waals surface area contributed by atoms with E-state index in [9.17, 15) is 0 Å². The van der Waals surface area contributed by atoms with Crippen molar-refractivity contribution in [1.82, 2.24) is 4.98 Å². The first-order valence-electron chi connectivity index (χ1n) is 4.58. The van der Waals surface area contributed by atoms with E-state index in [1.165, 1.54) is 0 Å². The maximum absolute atomic E-state index is 5.42. The molecular formula is C9H16N2OS. The average Bonchev–Trinajstić information content (AvgIpc) is 2.54. The zero-order chi connectivity index (χ0) is 9.52. The summed E-state index contributed by atoms with van der Waals surface area (Å²) in [5.41, 5.74) is 6.51. The number of nitrogens with two attached hydrogens (primary N) is 1. The van der Waals surface area contributed by atoms with Crippen LogP contribution in [0.25, 0.3) is 0 Å². The number of hydrogen-bond donors (Lipinski definition) is 1. The van der Waals surface area contributed by atoms with Crippen LogP contribution in [-0.4, -0.2) is 18.1 Å². The Morgan fingerprint density at radius 3 is 3.15 bits per heavy atom. The lowest BCUT2D eigenvalue weighted by Gasteiger charge is -1.97. The van der Waals surface area contributed by atoms with Crippen LogP contribution in [0, 0.1) is 0 Å². The van der Waals surface area contributed by atoms with E-state index < -0.39 is 0 Å². The van der Waals surface area contributed by atoms with Crippen molar-refractivity contribution in [3.63, 3.8) is 0 Å². The van der Waals surface area contributed by atoms with Gasteiger partial charge in [-0.05, 0) is 13.0 Å². The molecule has 3 nitrogen and oxygen atoms in total. The van der Waals surface area contributed by atoms with Gasteiger partial charge in [0.2, 0.25) is 0 Å². The zero-order valence-electron chi connectivity index (χ0n) is 7.95. The van der Waals surface area contributed by atoms with Gasteiger partial charge >= 0.3 is 0 Å². The molecule has 0 unspecified atom stereocenters. The zero-order valence-corrected chi connectivity index (χ0v) is 8.77. The Labute approximate surface area is 82.9 Å². The second-order valence-electron chi connectivity index (χ2n) is 2.82. The van der Waals surface area contributed by atoms with E-state index in [2.05, 4.69) is 17.3 Å². The van der Waals surface area contributed by atoms with Gasteiger partial charge in [0.15, 0.2) is 0 Å². The summed E-state index contributed by atoms with van der Waals surface area (Å²) < 4.78 is 5.38. The molecule has 0 aromatic carbocycles. The maximum Gasteiger partial charge on any atom is 0.119 e. The van der Waals surface area contributed by atoms with Crippen LogP contribution in [0.1, 0.15) is 24.0 Å². The summed E-state index contributed by atoms with van der Waals surface area (Å²) in [6.45, 7) is 4.22. The third-order valence-corrected chi connectivity index (χ3v) is 2.44. The molecule has 4 heteroatoms. The van der Waals surface area contributed by atoms with Crippen LogP contribution >= 0.6 is 11.3 Å². The predicted octanol–water partition coefficient (Wildman–Crippen LogP) is 1.57. The van der Waals surface area contributed by atoms with Crippen molar-refractivity contribution in [2.45, 2.75) is 26.4 Å². The quantitative estimate of drug-likeness (QED) is 0.709. The molecule has 1 aromatic heterocycles. The third kappa shape index (κ3) is 3.85. The van der Waals surface area contributed by atoms with Gasteiger partial charge in [0.25, 0.3) is 0 Å². The molecule has 74 valence electrons. The molecule has 0 amide bonds. The van der Waals surface area contributed by atoms with Gasteiger partial charge in [0.05, 0.1) is 12.3 Å². The van der Waals surface area contributed by atoms with Crippen LogP contribution in [0.5, 0.6) is 0 Å². The monoisotopic (exact) mass is 200 g/mol. The third-order valence-electron chi connectivity index (χ3n) is 1.57. The second kappa shape index (κ2) is 6.07. The van der Waals surface area contributed by atoms with E-state index in [4.69, 9.17) is 10.5 Å². The molecule has 0 atom stereocenters. The Morgan fingerprint density at radius 1 is 1.62 bits per heavy atom. The Balaban J connectivity index is 2.31. The standard InChI is InChI=1S/C9H16N2OS/c1-2-5-12-6-9-11-8(3-4-10)7-13-9/h7H,2-6,10H2,1H3. The molecule has 0 bridgehead atoms. The molecule has 0 saturated heterocycles. The lowest BCUT2D eigenvalue weighted by molar-refractivity contribution is 0.121. The summed E-state index contributed by atoms with van der Waals surface area (Å²) in [6.07, 6.45) is 1.92. The smallest absolute Gasteiger partial charge is 0.119 e. The number of thiazole rings is 1. The van der Waals surface area contributed by atoms with Crippen LogP contribution in [0.3, 0.4) is 0 Å². The fourth-order valence-corrected chi connectivity index (χ4v) is 1.75. The van der Waals surface area contributed by atoms with E-state index in [0.717, 1.165) is 30.2 Å². The van der Waals surface area contributed by atoms with Crippen molar-refractivity contribution in [1.29, 1.82) is 0 Å². The lowest BCUT2D eigenvalue weighted by atomic mass is 10.3. The highest BCUT2D eigenvalue weighted by molar-refractivity contribution is 7.09. The molecule has 1 heterocycles. The van der Waals surface area contributed by atoms with Crippen LogP contribution in [0.15, 0.2) is 5.38 Å². The minimum atomic E-state index is 0.642. The van der Waals surface area contributed by atoms with Gasteiger partial charge in [0.1, 0.15) is 5.01 Å². The maximum atomic E-state index is 5.42. The summed E-state index contributed by atoms with van der Waals surface area (Å²) in [7, 11) is 0. The normalized spacial score (nSPS) is 10.6. The minimum absolute atomic E-state index is 0.642. The average molecular weight is 200 g/mol. The number of ether oxygens (including phenoxy) is 1. The first-order chi connectivity index (χ1) is 6.36. The molecule has 0 aliphatic rings. The SMILES string of the molecule is CCCOCc1nc(CCN)cs1. The predicted molar refractivity (Wildman–Crippen MR) is 54.8 cm³/mol. The van der Waals surface area contributed by atoms with Gasteiger partial charge in [0, 0.05) is 18.4 Å². The summed E-state index contributed by atoms with van der Waals surface area (Å²) in [5, 5.41) is 3.11. The Morgan fingerprint density at radius 2 is 2.46 bits per heavy atom. The van der Waals surface area contributed by atoms with Crippen molar-refractivity contribution in [3.8, 4) is 0 Å². The number of hydrogen-bond acceptors (Lipinski definition) is 4. The highest BCUT2D eigenvalue weighted by atomic mass is 32.1. The largest absolute Gasteiger partial charge is 0.374 e. The van der Waals surface area contributed by atoms with E-state index in [-0.39, 0.29) is 0 Å². The molecule has 0 saturated carbocycles. The molecule has 0 aliphatic carbocycles. The molecule has 1 rings (SSSR count). The Hall–Kier alpha value is -0.450. The van der Waals surface area contributed by atoms with Crippen LogP contribution in [0.4, 0.5) is 0 Å². The Kier molecular flexibility index (Phi) is 4.97. The van der Waals surface area contributed by atoms with Crippen molar-refractivity contribution in [2.75, 3.05) is 13.2 Å². The number of nitrogens with zero attached hydrogens (tertiary/aromatic N) is 1. The molecule has 1 aromatic rings. The van der Waals surface area contributed by atoms with Crippen molar-refractivity contribution in [3.05, 3.63) is 16.1 Å². The summed E-state index contributed by atoms with van der Waals surface area (Å²) in [4.78, 5) is 4.39. The van der Waals surface area contributed by atoms with Crippen LogP contribution in [-0.2, 0) is 17.8 Å². The highest BCUT2D eigenvalue weighted by Crippen LogP contribution is 2.11. The molecule has 13 heavy (non-hydrogen) atoms. The number of rotatable bonds is 6. The van der Waals surface area contributed by atoms with Gasteiger partial charge < -0.3 is 10.5 Å². The summed E-state index contributed by atoms with van der Waals surface area (Å²) >= 11 is 1.65. The van der Waals surface area contributed by atoms with E-state index in [1.807, 2.05) is 0 Å². The molecule has 0 radical (unpaired) electrons. The molecule has 2 N–H and O–H groups in total. The van der Waals surface area contributed by atoms with Crippen molar-refractivity contribution >= 4 is 11.3 Å².